The van der Waals surface area contributed by atoms with Gasteiger partial charge in [-0.3, -0.25) is 0 Å². The van der Waals surface area contributed by atoms with Crippen LogP contribution in [0.4, 0.5) is 4.79 Å². The second-order valence-corrected chi connectivity index (χ2v) is 8.03. The monoisotopic (exact) mass is 348 g/mol. The van der Waals surface area contributed by atoms with Crippen LogP contribution in [0.15, 0.2) is 6.20 Å². The molecule has 0 aliphatic heterocycles. The number of hydrogen-bond acceptors (Lipinski definition) is 5. The van der Waals surface area contributed by atoms with E-state index in [9.17, 15) is 4.79 Å². The lowest BCUT2D eigenvalue weighted by molar-refractivity contribution is 0.0517. The van der Waals surface area contributed by atoms with Gasteiger partial charge in [-0.2, -0.15) is 0 Å². The maximum atomic E-state index is 11.9. The molecule has 1 aliphatic rings. The van der Waals surface area contributed by atoms with Gasteiger partial charge in [-0.15, -0.1) is 0 Å². The van der Waals surface area contributed by atoms with Crippen LogP contribution in [0, 0.1) is 19.8 Å². The van der Waals surface area contributed by atoms with Gasteiger partial charge in [-0.25, -0.2) is 14.8 Å². The Bertz CT molecular complexity index is 598. The third kappa shape index (κ3) is 5.96. The van der Waals surface area contributed by atoms with Gasteiger partial charge in [0.2, 0.25) is 0 Å². The molecule has 2 N–H and O–H groups in total. The number of nitrogens with zero attached hydrogens (tertiary/aromatic N) is 2. The standard InChI is InChI=1S/C19H32N4O2/c1-12-16(11-20-14(3)22-12)13(2)23-17-9-7-8-15(17)10-21-18(24)25-19(4,5)6/h11,13,15,17,23H,7-10H2,1-6H3,(H,21,24)/t13-,15-,17+/m0/s1. The van der Waals surface area contributed by atoms with Crippen molar-refractivity contribution in [3.63, 3.8) is 0 Å². The summed E-state index contributed by atoms with van der Waals surface area (Å²) in [4.78, 5) is 20.7. The molecule has 0 aromatic carbocycles. The van der Waals surface area contributed by atoms with Crippen LogP contribution in [0.5, 0.6) is 0 Å². The minimum Gasteiger partial charge on any atom is -0.444 e. The van der Waals surface area contributed by atoms with Gasteiger partial charge >= 0.3 is 6.09 Å². The molecule has 6 heteroatoms. The van der Waals surface area contributed by atoms with Crippen molar-refractivity contribution in [3.8, 4) is 0 Å². The maximum Gasteiger partial charge on any atom is 0.407 e. The molecular formula is C19H32N4O2. The van der Waals surface area contributed by atoms with Crippen molar-refractivity contribution in [2.24, 2.45) is 5.92 Å². The third-order valence-corrected chi connectivity index (χ3v) is 4.63. The molecule has 1 aromatic rings. The van der Waals surface area contributed by atoms with Gasteiger partial charge in [0, 0.05) is 36.1 Å². The molecule has 0 saturated heterocycles. The van der Waals surface area contributed by atoms with Crippen molar-refractivity contribution in [1.29, 1.82) is 0 Å². The summed E-state index contributed by atoms with van der Waals surface area (Å²) in [7, 11) is 0. The highest BCUT2D eigenvalue weighted by Gasteiger charge is 2.29. The lowest BCUT2D eigenvalue weighted by atomic mass is 10.0. The highest BCUT2D eigenvalue weighted by molar-refractivity contribution is 5.67. The van der Waals surface area contributed by atoms with Crippen molar-refractivity contribution in [1.82, 2.24) is 20.6 Å². The van der Waals surface area contributed by atoms with Crippen LogP contribution in [0.25, 0.3) is 0 Å². The summed E-state index contributed by atoms with van der Waals surface area (Å²) in [6, 6.07) is 0.568. The van der Waals surface area contributed by atoms with Gasteiger partial charge in [0.05, 0.1) is 0 Å². The highest BCUT2D eigenvalue weighted by atomic mass is 16.6. The number of ether oxygens (including phenoxy) is 1. The zero-order chi connectivity index (χ0) is 18.6. The fourth-order valence-corrected chi connectivity index (χ4v) is 3.46. The Labute approximate surface area is 151 Å². The van der Waals surface area contributed by atoms with Crippen LogP contribution in [0.3, 0.4) is 0 Å². The summed E-state index contributed by atoms with van der Waals surface area (Å²) in [5, 5.41) is 6.62. The number of nitrogens with one attached hydrogen (secondary N) is 2. The average Bonchev–Trinajstić information content (AvgIpc) is 2.90. The quantitative estimate of drug-likeness (QED) is 0.852. The van der Waals surface area contributed by atoms with Crippen molar-refractivity contribution in [2.45, 2.75) is 78.5 Å². The Kier molecular flexibility index (Phi) is 6.38. The van der Waals surface area contributed by atoms with E-state index in [1.165, 1.54) is 6.42 Å². The first-order valence-electron chi connectivity index (χ1n) is 9.19. The lowest BCUT2D eigenvalue weighted by Crippen LogP contribution is -2.41. The first-order valence-corrected chi connectivity index (χ1v) is 9.19. The Morgan fingerprint density at radius 2 is 2.08 bits per heavy atom. The highest BCUT2D eigenvalue weighted by Crippen LogP contribution is 2.28. The molecule has 25 heavy (non-hydrogen) atoms. The number of carbonyl (C=O) groups is 1. The van der Waals surface area contributed by atoms with Crippen LogP contribution >= 0.6 is 0 Å². The Morgan fingerprint density at radius 3 is 2.72 bits per heavy atom. The summed E-state index contributed by atoms with van der Waals surface area (Å²) in [5.74, 6) is 1.22. The van der Waals surface area contributed by atoms with E-state index in [-0.39, 0.29) is 12.1 Å². The van der Waals surface area contributed by atoms with E-state index in [1.807, 2.05) is 40.8 Å². The zero-order valence-electron chi connectivity index (χ0n) is 16.3. The van der Waals surface area contributed by atoms with Crippen LogP contribution in [-0.4, -0.2) is 34.2 Å². The summed E-state index contributed by atoms with van der Waals surface area (Å²) < 4.78 is 5.32. The molecule has 0 spiro atoms. The number of amides is 1. The average molecular weight is 348 g/mol. The summed E-state index contributed by atoms with van der Waals surface area (Å²) in [5.41, 5.74) is 1.69. The van der Waals surface area contributed by atoms with Crippen LogP contribution in [0.2, 0.25) is 0 Å². The van der Waals surface area contributed by atoms with E-state index in [1.54, 1.807) is 0 Å². The van der Waals surface area contributed by atoms with Crippen molar-refractivity contribution in [3.05, 3.63) is 23.3 Å². The number of aryl methyl sites for hydroxylation is 2. The van der Waals surface area contributed by atoms with E-state index in [2.05, 4.69) is 27.5 Å². The van der Waals surface area contributed by atoms with E-state index >= 15 is 0 Å². The fourth-order valence-electron chi connectivity index (χ4n) is 3.46. The minimum absolute atomic E-state index is 0.188. The summed E-state index contributed by atoms with van der Waals surface area (Å²) in [6.07, 6.45) is 4.99. The predicted molar refractivity (Wildman–Crippen MR) is 98.4 cm³/mol. The Morgan fingerprint density at radius 1 is 1.36 bits per heavy atom. The Balaban J connectivity index is 1.89. The first-order chi connectivity index (χ1) is 11.7. The molecule has 1 saturated carbocycles. The molecule has 0 bridgehead atoms. The van der Waals surface area contributed by atoms with Gasteiger partial charge in [-0.05, 0) is 60.3 Å². The van der Waals surface area contributed by atoms with Crippen LogP contribution < -0.4 is 10.6 Å². The molecule has 2 rings (SSSR count). The number of rotatable bonds is 5. The third-order valence-electron chi connectivity index (χ3n) is 4.63. The molecule has 1 amide bonds. The number of alkyl carbamates (subject to hydrolysis) is 1. The van der Waals surface area contributed by atoms with Crippen molar-refractivity contribution >= 4 is 6.09 Å². The molecule has 1 heterocycles. The molecule has 1 aliphatic carbocycles. The van der Waals surface area contributed by atoms with Crippen LogP contribution in [-0.2, 0) is 4.74 Å². The van der Waals surface area contributed by atoms with E-state index in [0.717, 1.165) is 29.9 Å². The second kappa shape index (κ2) is 8.13. The molecule has 6 nitrogen and oxygen atoms in total. The number of hydrogen-bond donors (Lipinski definition) is 2. The van der Waals surface area contributed by atoms with Crippen molar-refractivity contribution in [2.75, 3.05) is 6.54 Å². The largest absolute Gasteiger partial charge is 0.444 e. The molecule has 1 aromatic heterocycles. The van der Waals surface area contributed by atoms with Gasteiger partial charge in [0.15, 0.2) is 0 Å². The topological polar surface area (TPSA) is 76.1 Å². The van der Waals surface area contributed by atoms with Crippen LogP contribution in [0.1, 0.15) is 70.1 Å². The maximum absolute atomic E-state index is 11.9. The fraction of sp³-hybridized carbons (Fsp3) is 0.737. The van der Waals surface area contributed by atoms with E-state index in [0.29, 0.717) is 18.5 Å². The van der Waals surface area contributed by atoms with Gasteiger partial charge < -0.3 is 15.4 Å². The minimum atomic E-state index is -0.463. The Hall–Kier alpha value is -1.69. The van der Waals surface area contributed by atoms with Gasteiger partial charge in [0.25, 0.3) is 0 Å². The van der Waals surface area contributed by atoms with Gasteiger partial charge in [0.1, 0.15) is 11.4 Å². The molecule has 0 radical (unpaired) electrons. The molecule has 1 fully saturated rings. The normalized spacial score (nSPS) is 21.8. The van der Waals surface area contributed by atoms with E-state index < -0.39 is 5.60 Å². The lowest BCUT2D eigenvalue weighted by Gasteiger charge is -2.26. The predicted octanol–water partition coefficient (Wildman–Crippen LogP) is 3.44. The molecule has 140 valence electrons. The second-order valence-electron chi connectivity index (χ2n) is 8.03. The number of aromatic nitrogens is 2. The zero-order valence-corrected chi connectivity index (χ0v) is 16.3. The van der Waals surface area contributed by atoms with Gasteiger partial charge in [-0.1, -0.05) is 6.42 Å². The number of carbonyl (C=O) groups excluding carboxylic acids is 1. The SMILES string of the molecule is Cc1ncc([C@H](C)N[C@@H]2CCC[C@H]2CNC(=O)OC(C)(C)C)c(C)n1. The molecular weight excluding hydrogens is 316 g/mol. The summed E-state index contributed by atoms with van der Waals surface area (Å²) in [6.45, 7) is 12.4. The summed E-state index contributed by atoms with van der Waals surface area (Å²) >= 11 is 0. The smallest absolute Gasteiger partial charge is 0.407 e. The molecule has 0 unspecified atom stereocenters. The van der Waals surface area contributed by atoms with Crippen molar-refractivity contribution < 1.29 is 9.53 Å². The molecule has 3 atom stereocenters. The first kappa shape index (κ1) is 19.6. The van der Waals surface area contributed by atoms with E-state index in [4.69, 9.17) is 4.74 Å².